The molecule has 0 radical (unpaired) electrons. The summed E-state index contributed by atoms with van der Waals surface area (Å²) >= 11 is 2.00. The standard InChI is InChI=1S/C10H21NOS/c1-7(11)9(10(2,3)4)13-8-5-12-6-8/h7-9H,5-6,11H2,1-4H3. The topological polar surface area (TPSA) is 35.2 Å². The highest BCUT2D eigenvalue weighted by Crippen LogP contribution is 2.36. The zero-order valence-electron chi connectivity index (χ0n) is 9.04. The normalized spacial score (nSPS) is 23.8. The first-order valence-corrected chi connectivity index (χ1v) is 5.84. The van der Waals surface area contributed by atoms with Crippen LogP contribution in [0.1, 0.15) is 27.7 Å². The number of thioether (sulfide) groups is 1. The quantitative estimate of drug-likeness (QED) is 0.760. The Balaban J connectivity index is 2.46. The molecule has 1 heterocycles. The summed E-state index contributed by atoms with van der Waals surface area (Å²) in [6, 6.07) is 0.255. The molecule has 2 atom stereocenters. The average Bonchev–Trinajstić information content (AvgIpc) is 1.79. The summed E-state index contributed by atoms with van der Waals surface area (Å²) in [5.74, 6) is 0. The molecule has 78 valence electrons. The molecule has 2 unspecified atom stereocenters. The lowest BCUT2D eigenvalue weighted by Gasteiger charge is -2.38. The third kappa shape index (κ3) is 3.15. The van der Waals surface area contributed by atoms with Gasteiger partial charge in [-0.3, -0.25) is 0 Å². The molecule has 1 aliphatic rings. The fourth-order valence-electron chi connectivity index (χ4n) is 1.62. The highest BCUT2D eigenvalue weighted by atomic mass is 32.2. The number of hydrogen-bond acceptors (Lipinski definition) is 3. The van der Waals surface area contributed by atoms with E-state index in [9.17, 15) is 0 Å². The second-order valence-corrected chi connectivity index (χ2v) is 6.39. The van der Waals surface area contributed by atoms with E-state index in [1.165, 1.54) is 0 Å². The number of rotatable bonds is 3. The fraction of sp³-hybridized carbons (Fsp3) is 1.00. The Kier molecular flexibility index (Phi) is 3.66. The minimum absolute atomic E-state index is 0.255. The van der Waals surface area contributed by atoms with Gasteiger partial charge in [-0.25, -0.2) is 0 Å². The van der Waals surface area contributed by atoms with E-state index in [0.717, 1.165) is 13.2 Å². The zero-order valence-corrected chi connectivity index (χ0v) is 9.86. The third-order valence-electron chi connectivity index (χ3n) is 2.28. The Morgan fingerprint density at radius 1 is 1.38 bits per heavy atom. The maximum absolute atomic E-state index is 5.99. The largest absolute Gasteiger partial charge is 0.379 e. The first-order valence-electron chi connectivity index (χ1n) is 4.90. The Hall–Kier alpha value is 0.270. The molecule has 1 rings (SSSR count). The zero-order chi connectivity index (χ0) is 10.1. The van der Waals surface area contributed by atoms with E-state index in [0.29, 0.717) is 10.5 Å². The van der Waals surface area contributed by atoms with Crippen LogP contribution < -0.4 is 5.73 Å². The van der Waals surface area contributed by atoms with Crippen molar-refractivity contribution in [1.29, 1.82) is 0 Å². The molecule has 1 fully saturated rings. The Labute approximate surface area is 85.6 Å². The van der Waals surface area contributed by atoms with E-state index in [-0.39, 0.29) is 11.5 Å². The molecule has 0 spiro atoms. The molecule has 1 aliphatic heterocycles. The molecule has 0 aromatic carbocycles. The first-order chi connectivity index (χ1) is 5.91. The minimum atomic E-state index is 0.255. The van der Waals surface area contributed by atoms with Crippen LogP contribution in [-0.2, 0) is 4.74 Å². The van der Waals surface area contributed by atoms with Crippen molar-refractivity contribution in [2.24, 2.45) is 11.1 Å². The van der Waals surface area contributed by atoms with Crippen LogP contribution >= 0.6 is 11.8 Å². The van der Waals surface area contributed by atoms with Gasteiger partial charge in [0.2, 0.25) is 0 Å². The van der Waals surface area contributed by atoms with Gasteiger partial charge in [0.1, 0.15) is 0 Å². The van der Waals surface area contributed by atoms with Crippen LogP contribution in [-0.4, -0.2) is 29.8 Å². The van der Waals surface area contributed by atoms with Crippen LogP contribution in [0.25, 0.3) is 0 Å². The molecular formula is C10H21NOS. The number of ether oxygens (including phenoxy) is 1. The lowest BCUT2D eigenvalue weighted by Crippen LogP contribution is -2.43. The van der Waals surface area contributed by atoms with Crippen molar-refractivity contribution in [3.63, 3.8) is 0 Å². The van der Waals surface area contributed by atoms with Crippen LogP contribution in [0.4, 0.5) is 0 Å². The van der Waals surface area contributed by atoms with E-state index >= 15 is 0 Å². The van der Waals surface area contributed by atoms with E-state index in [4.69, 9.17) is 10.5 Å². The van der Waals surface area contributed by atoms with Crippen LogP contribution in [0.15, 0.2) is 0 Å². The number of hydrogen-bond donors (Lipinski definition) is 1. The van der Waals surface area contributed by atoms with Crippen molar-refractivity contribution >= 4 is 11.8 Å². The summed E-state index contributed by atoms with van der Waals surface area (Å²) in [6.07, 6.45) is 0. The van der Waals surface area contributed by atoms with Crippen molar-refractivity contribution in [2.45, 2.75) is 44.2 Å². The number of nitrogens with two attached hydrogens (primary N) is 1. The molecule has 0 saturated carbocycles. The maximum Gasteiger partial charge on any atom is 0.0608 e. The van der Waals surface area contributed by atoms with Crippen LogP contribution in [0.5, 0.6) is 0 Å². The molecule has 0 bridgehead atoms. The van der Waals surface area contributed by atoms with Gasteiger partial charge in [0.05, 0.1) is 18.5 Å². The molecular weight excluding hydrogens is 182 g/mol. The molecule has 2 N–H and O–H groups in total. The monoisotopic (exact) mass is 203 g/mol. The summed E-state index contributed by atoms with van der Waals surface area (Å²) in [4.78, 5) is 0. The van der Waals surface area contributed by atoms with Crippen LogP contribution in [0, 0.1) is 5.41 Å². The van der Waals surface area contributed by atoms with Crippen molar-refractivity contribution in [2.75, 3.05) is 13.2 Å². The highest BCUT2D eigenvalue weighted by Gasteiger charge is 2.33. The van der Waals surface area contributed by atoms with Gasteiger partial charge in [-0.2, -0.15) is 0 Å². The lowest BCUT2D eigenvalue weighted by atomic mass is 9.88. The maximum atomic E-state index is 5.99. The lowest BCUT2D eigenvalue weighted by molar-refractivity contribution is 0.0449. The Morgan fingerprint density at radius 3 is 2.15 bits per heavy atom. The molecule has 13 heavy (non-hydrogen) atoms. The Morgan fingerprint density at radius 2 is 1.92 bits per heavy atom. The predicted octanol–water partition coefficient (Wildman–Crippen LogP) is 1.88. The fourth-order valence-corrected chi connectivity index (χ4v) is 3.04. The van der Waals surface area contributed by atoms with Crippen LogP contribution in [0.3, 0.4) is 0 Å². The van der Waals surface area contributed by atoms with Gasteiger partial charge in [0.15, 0.2) is 0 Å². The van der Waals surface area contributed by atoms with Gasteiger partial charge < -0.3 is 10.5 Å². The SMILES string of the molecule is CC(N)C(SC1COC1)C(C)(C)C. The smallest absolute Gasteiger partial charge is 0.0608 e. The molecule has 0 aliphatic carbocycles. The molecule has 1 saturated heterocycles. The van der Waals surface area contributed by atoms with E-state index in [1.54, 1.807) is 0 Å². The molecule has 0 amide bonds. The molecule has 0 aromatic heterocycles. The van der Waals surface area contributed by atoms with Gasteiger partial charge in [-0.15, -0.1) is 11.8 Å². The third-order valence-corrected chi connectivity index (χ3v) is 4.36. The molecule has 3 heteroatoms. The van der Waals surface area contributed by atoms with Gasteiger partial charge >= 0.3 is 0 Å². The van der Waals surface area contributed by atoms with Crippen molar-refractivity contribution in [1.82, 2.24) is 0 Å². The summed E-state index contributed by atoms with van der Waals surface area (Å²) in [6.45, 7) is 10.7. The summed E-state index contributed by atoms with van der Waals surface area (Å²) in [7, 11) is 0. The summed E-state index contributed by atoms with van der Waals surface area (Å²) < 4.78 is 5.17. The van der Waals surface area contributed by atoms with Crippen molar-refractivity contribution < 1.29 is 4.74 Å². The van der Waals surface area contributed by atoms with Crippen LogP contribution in [0.2, 0.25) is 0 Å². The average molecular weight is 203 g/mol. The second kappa shape index (κ2) is 4.20. The molecule has 0 aromatic rings. The summed E-state index contributed by atoms with van der Waals surface area (Å²) in [5, 5.41) is 1.21. The first kappa shape index (κ1) is 11.3. The van der Waals surface area contributed by atoms with E-state index in [1.807, 2.05) is 11.8 Å². The Bertz CT molecular complexity index is 161. The van der Waals surface area contributed by atoms with Gasteiger partial charge in [0.25, 0.3) is 0 Å². The van der Waals surface area contributed by atoms with E-state index < -0.39 is 0 Å². The molecule has 2 nitrogen and oxygen atoms in total. The van der Waals surface area contributed by atoms with E-state index in [2.05, 4.69) is 27.7 Å². The predicted molar refractivity (Wildman–Crippen MR) is 59.1 cm³/mol. The highest BCUT2D eigenvalue weighted by molar-refractivity contribution is 8.00. The van der Waals surface area contributed by atoms with Gasteiger partial charge in [-0.1, -0.05) is 20.8 Å². The van der Waals surface area contributed by atoms with Crippen molar-refractivity contribution in [3.05, 3.63) is 0 Å². The minimum Gasteiger partial charge on any atom is -0.379 e. The summed E-state index contributed by atoms with van der Waals surface area (Å²) in [5.41, 5.74) is 6.27. The van der Waals surface area contributed by atoms with Gasteiger partial charge in [-0.05, 0) is 12.3 Å². The second-order valence-electron chi connectivity index (χ2n) is 4.94. The van der Waals surface area contributed by atoms with Gasteiger partial charge in [0, 0.05) is 11.3 Å². The van der Waals surface area contributed by atoms with Crippen molar-refractivity contribution in [3.8, 4) is 0 Å².